The second kappa shape index (κ2) is 6.17. The Labute approximate surface area is 129 Å². The molecule has 0 unspecified atom stereocenters. The first-order chi connectivity index (χ1) is 10.7. The number of hydrogen-bond donors (Lipinski definition) is 1. The van der Waals surface area contributed by atoms with Crippen molar-refractivity contribution < 1.29 is 0 Å². The summed E-state index contributed by atoms with van der Waals surface area (Å²) in [6.45, 7) is 7.71. The standard InChI is InChI=1S/C16H21N5O/c1-3-13-10-15(19-12(2)18-13)21-8-6-20(7-9-21)14-4-5-16(22)17-11-14/h4-5,10-11H,3,6-9H2,1-2H3,(H,17,22). The Bertz CT molecular complexity index is 683. The number of anilines is 2. The van der Waals surface area contributed by atoms with Gasteiger partial charge in [0.2, 0.25) is 5.56 Å². The Morgan fingerprint density at radius 2 is 1.86 bits per heavy atom. The summed E-state index contributed by atoms with van der Waals surface area (Å²) < 4.78 is 0. The zero-order chi connectivity index (χ0) is 15.5. The van der Waals surface area contributed by atoms with Crippen LogP contribution in [0.2, 0.25) is 0 Å². The lowest BCUT2D eigenvalue weighted by molar-refractivity contribution is 0.644. The fraction of sp³-hybridized carbons (Fsp3) is 0.438. The summed E-state index contributed by atoms with van der Waals surface area (Å²) >= 11 is 0. The van der Waals surface area contributed by atoms with Crippen molar-refractivity contribution in [3.8, 4) is 0 Å². The summed E-state index contributed by atoms with van der Waals surface area (Å²) in [4.78, 5) is 27.4. The van der Waals surface area contributed by atoms with Gasteiger partial charge in [-0.2, -0.15) is 0 Å². The van der Waals surface area contributed by atoms with Gasteiger partial charge >= 0.3 is 0 Å². The van der Waals surface area contributed by atoms with Gasteiger partial charge in [-0.3, -0.25) is 4.79 Å². The first kappa shape index (κ1) is 14.6. The minimum atomic E-state index is -0.0639. The van der Waals surface area contributed by atoms with E-state index in [2.05, 4.69) is 37.7 Å². The first-order valence-electron chi connectivity index (χ1n) is 7.69. The van der Waals surface area contributed by atoms with Crippen molar-refractivity contribution >= 4 is 11.5 Å². The number of hydrogen-bond acceptors (Lipinski definition) is 5. The Hall–Kier alpha value is -2.37. The van der Waals surface area contributed by atoms with Crippen LogP contribution in [0.5, 0.6) is 0 Å². The van der Waals surface area contributed by atoms with Gasteiger partial charge in [-0.1, -0.05) is 6.92 Å². The van der Waals surface area contributed by atoms with Crippen LogP contribution in [0, 0.1) is 6.92 Å². The zero-order valence-corrected chi connectivity index (χ0v) is 13.0. The normalized spacial score (nSPS) is 15.2. The molecular formula is C16H21N5O. The van der Waals surface area contributed by atoms with Gasteiger partial charge in [-0.15, -0.1) is 0 Å². The molecule has 6 nitrogen and oxygen atoms in total. The minimum Gasteiger partial charge on any atom is -0.367 e. The number of nitrogens with one attached hydrogen (secondary N) is 1. The van der Waals surface area contributed by atoms with E-state index in [4.69, 9.17) is 0 Å². The van der Waals surface area contributed by atoms with E-state index >= 15 is 0 Å². The van der Waals surface area contributed by atoms with Gasteiger partial charge in [0.05, 0.1) is 5.69 Å². The van der Waals surface area contributed by atoms with Crippen LogP contribution in [0.3, 0.4) is 0 Å². The third kappa shape index (κ3) is 3.10. The van der Waals surface area contributed by atoms with E-state index in [1.807, 2.05) is 13.0 Å². The van der Waals surface area contributed by atoms with Crippen molar-refractivity contribution in [1.29, 1.82) is 0 Å². The molecule has 0 radical (unpaired) electrons. The number of aromatic nitrogens is 3. The van der Waals surface area contributed by atoms with Gasteiger partial charge in [0, 0.05) is 50.2 Å². The largest absolute Gasteiger partial charge is 0.367 e. The van der Waals surface area contributed by atoms with Gasteiger partial charge in [-0.05, 0) is 19.4 Å². The van der Waals surface area contributed by atoms with E-state index in [0.29, 0.717) is 0 Å². The smallest absolute Gasteiger partial charge is 0.248 e. The number of H-pyrrole nitrogens is 1. The molecule has 1 N–H and O–H groups in total. The van der Waals surface area contributed by atoms with Gasteiger partial charge < -0.3 is 14.8 Å². The molecule has 6 heteroatoms. The monoisotopic (exact) mass is 299 g/mol. The van der Waals surface area contributed by atoms with Gasteiger partial charge in [0.25, 0.3) is 0 Å². The highest BCUT2D eigenvalue weighted by molar-refractivity contribution is 5.48. The third-order valence-electron chi connectivity index (χ3n) is 3.98. The van der Waals surface area contributed by atoms with Crippen LogP contribution in [0.15, 0.2) is 29.2 Å². The minimum absolute atomic E-state index is 0.0639. The molecule has 22 heavy (non-hydrogen) atoms. The summed E-state index contributed by atoms with van der Waals surface area (Å²) in [7, 11) is 0. The molecule has 1 saturated heterocycles. The lowest BCUT2D eigenvalue weighted by atomic mass is 10.2. The van der Waals surface area contributed by atoms with Crippen LogP contribution < -0.4 is 15.4 Å². The van der Waals surface area contributed by atoms with Crippen molar-refractivity contribution in [2.24, 2.45) is 0 Å². The maximum atomic E-state index is 11.1. The van der Waals surface area contributed by atoms with E-state index in [0.717, 1.165) is 55.6 Å². The molecule has 1 fully saturated rings. The van der Waals surface area contributed by atoms with Gasteiger partial charge in [0.1, 0.15) is 11.6 Å². The summed E-state index contributed by atoms with van der Waals surface area (Å²) in [5.74, 6) is 1.85. The molecule has 116 valence electrons. The number of pyridine rings is 1. The van der Waals surface area contributed by atoms with Crippen LogP contribution in [-0.4, -0.2) is 41.1 Å². The highest BCUT2D eigenvalue weighted by Crippen LogP contribution is 2.18. The second-order valence-corrected chi connectivity index (χ2v) is 5.50. The Morgan fingerprint density at radius 1 is 1.14 bits per heavy atom. The molecule has 0 aliphatic carbocycles. The van der Waals surface area contributed by atoms with E-state index in [9.17, 15) is 4.79 Å². The average Bonchev–Trinajstić information content (AvgIpc) is 2.55. The molecule has 3 rings (SSSR count). The first-order valence-corrected chi connectivity index (χ1v) is 7.69. The summed E-state index contributed by atoms with van der Waals surface area (Å²) in [6.07, 6.45) is 2.70. The quantitative estimate of drug-likeness (QED) is 0.927. The lowest BCUT2D eigenvalue weighted by Gasteiger charge is -2.36. The molecule has 0 aromatic carbocycles. The molecule has 0 bridgehead atoms. The van der Waals surface area contributed by atoms with E-state index in [1.54, 1.807) is 12.3 Å². The Balaban J connectivity index is 1.70. The van der Waals surface area contributed by atoms with Crippen LogP contribution in [0.4, 0.5) is 11.5 Å². The van der Waals surface area contributed by atoms with Crippen LogP contribution in [-0.2, 0) is 6.42 Å². The van der Waals surface area contributed by atoms with Crippen molar-refractivity contribution in [1.82, 2.24) is 15.0 Å². The Kier molecular flexibility index (Phi) is 4.09. The fourth-order valence-electron chi connectivity index (χ4n) is 2.75. The summed E-state index contributed by atoms with van der Waals surface area (Å²) in [6, 6.07) is 5.53. The molecule has 1 aliphatic heterocycles. The maximum Gasteiger partial charge on any atom is 0.248 e. The molecule has 0 spiro atoms. The Morgan fingerprint density at radius 3 is 2.50 bits per heavy atom. The molecular weight excluding hydrogens is 278 g/mol. The van der Waals surface area contributed by atoms with Crippen molar-refractivity contribution in [2.45, 2.75) is 20.3 Å². The van der Waals surface area contributed by atoms with Crippen molar-refractivity contribution in [2.75, 3.05) is 36.0 Å². The molecule has 2 aromatic heterocycles. The summed E-state index contributed by atoms with van der Waals surface area (Å²) in [5.41, 5.74) is 2.09. The van der Waals surface area contributed by atoms with Crippen LogP contribution in [0.1, 0.15) is 18.4 Å². The highest BCUT2D eigenvalue weighted by Gasteiger charge is 2.19. The predicted octanol–water partition coefficient (Wildman–Crippen LogP) is 1.36. The second-order valence-electron chi connectivity index (χ2n) is 5.50. The summed E-state index contributed by atoms with van der Waals surface area (Å²) in [5, 5.41) is 0. The fourth-order valence-corrected chi connectivity index (χ4v) is 2.75. The SMILES string of the molecule is CCc1cc(N2CCN(c3ccc(=O)[nH]c3)CC2)nc(C)n1. The molecule has 0 amide bonds. The van der Waals surface area contributed by atoms with Gasteiger partial charge in [-0.25, -0.2) is 9.97 Å². The number of aryl methyl sites for hydroxylation is 2. The van der Waals surface area contributed by atoms with E-state index in [1.165, 1.54) is 0 Å². The number of nitrogens with zero attached hydrogens (tertiary/aromatic N) is 4. The topological polar surface area (TPSA) is 65.1 Å². The molecule has 3 heterocycles. The predicted molar refractivity (Wildman–Crippen MR) is 87.6 cm³/mol. The lowest BCUT2D eigenvalue weighted by Crippen LogP contribution is -2.47. The van der Waals surface area contributed by atoms with Crippen molar-refractivity contribution in [3.63, 3.8) is 0 Å². The van der Waals surface area contributed by atoms with E-state index < -0.39 is 0 Å². The zero-order valence-electron chi connectivity index (χ0n) is 13.0. The molecule has 0 atom stereocenters. The highest BCUT2D eigenvalue weighted by atomic mass is 16.1. The van der Waals surface area contributed by atoms with E-state index in [-0.39, 0.29) is 5.56 Å². The average molecular weight is 299 g/mol. The van der Waals surface area contributed by atoms with Crippen LogP contribution in [0.25, 0.3) is 0 Å². The number of aromatic amines is 1. The molecule has 2 aromatic rings. The van der Waals surface area contributed by atoms with Gasteiger partial charge in [0.15, 0.2) is 0 Å². The maximum absolute atomic E-state index is 11.1. The number of rotatable bonds is 3. The van der Waals surface area contributed by atoms with Crippen molar-refractivity contribution in [3.05, 3.63) is 46.3 Å². The van der Waals surface area contributed by atoms with Crippen LogP contribution >= 0.6 is 0 Å². The number of piperazine rings is 1. The third-order valence-corrected chi connectivity index (χ3v) is 3.98. The molecule has 1 aliphatic rings. The molecule has 0 saturated carbocycles.